The van der Waals surface area contributed by atoms with Crippen LogP contribution in [-0.2, 0) is 4.79 Å². The first-order chi connectivity index (χ1) is 15.3. The van der Waals surface area contributed by atoms with E-state index in [2.05, 4.69) is 26.2 Å². The maximum Gasteiger partial charge on any atom is 0.266 e. The molecule has 0 saturated heterocycles. The van der Waals surface area contributed by atoms with Crippen LogP contribution in [0.1, 0.15) is 5.82 Å². The van der Waals surface area contributed by atoms with Crippen LogP contribution in [0.15, 0.2) is 74.8 Å². The second-order valence-corrected chi connectivity index (χ2v) is 9.21. The van der Waals surface area contributed by atoms with Gasteiger partial charge >= 0.3 is 0 Å². The first-order valence-electron chi connectivity index (χ1n) is 9.49. The van der Waals surface area contributed by atoms with Crippen molar-refractivity contribution in [3.05, 3.63) is 92.2 Å². The van der Waals surface area contributed by atoms with Gasteiger partial charge in [-0.2, -0.15) is 0 Å². The van der Waals surface area contributed by atoms with Gasteiger partial charge in [0.15, 0.2) is 0 Å². The van der Waals surface area contributed by atoms with Gasteiger partial charge in [0.2, 0.25) is 5.91 Å². The fourth-order valence-electron chi connectivity index (χ4n) is 3.20. The SMILES string of the molecule is Cc1nc2c(Cl)cccc2c(=O)n1-c1ccc(SCC(=O)Nc2ccc(F)c(Br)c2)cc1. The van der Waals surface area contributed by atoms with Crippen molar-refractivity contribution < 1.29 is 9.18 Å². The van der Waals surface area contributed by atoms with Crippen molar-refractivity contribution in [2.75, 3.05) is 11.1 Å². The number of hydrogen-bond donors (Lipinski definition) is 1. The molecule has 1 amide bonds. The number of aryl methyl sites for hydroxylation is 1. The second-order valence-electron chi connectivity index (χ2n) is 6.90. The summed E-state index contributed by atoms with van der Waals surface area (Å²) in [4.78, 5) is 30.6. The molecule has 4 aromatic rings. The van der Waals surface area contributed by atoms with E-state index >= 15 is 0 Å². The Kier molecular flexibility index (Phi) is 6.64. The van der Waals surface area contributed by atoms with Gasteiger partial charge in [-0.05, 0) is 77.5 Å². The van der Waals surface area contributed by atoms with E-state index in [4.69, 9.17) is 11.6 Å². The number of aromatic nitrogens is 2. The molecular formula is C23H16BrClFN3O2S. The standard InChI is InChI=1S/C23H16BrClFN3O2S/c1-13-27-22-17(3-2-4-19(22)25)23(31)29(13)15-6-8-16(9-7-15)32-12-21(30)28-14-5-10-20(26)18(24)11-14/h2-11H,12H2,1H3,(H,28,30). The lowest BCUT2D eigenvalue weighted by Gasteiger charge is -2.12. The minimum absolute atomic E-state index is 0.184. The molecule has 1 N–H and O–H groups in total. The fraction of sp³-hybridized carbons (Fsp3) is 0.0870. The summed E-state index contributed by atoms with van der Waals surface area (Å²) in [7, 11) is 0. The molecule has 1 heterocycles. The highest BCUT2D eigenvalue weighted by atomic mass is 79.9. The van der Waals surface area contributed by atoms with Gasteiger partial charge in [-0.1, -0.05) is 17.7 Å². The van der Waals surface area contributed by atoms with Crippen molar-refractivity contribution in [3.8, 4) is 5.69 Å². The number of hydrogen-bond acceptors (Lipinski definition) is 4. The summed E-state index contributed by atoms with van der Waals surface area (Å²) in [5.74, 6) is 0.112. The van der Waals surface area contributed by atoms with Gasteiger partial charge in [-0.3, -0.25) is 14.2 Å². The minimum atomic E-state index is -0.392. The monoisotopic (exact) mass is 531 g/mol. The zero-order chi connectivity index (χ0) is 22.8. The van der Waals surface area contributed by atoms with Crippen molar-refractivity contribution in [2.24, 2.45) is 0 Å². The maximum absolute atomic E-state index is 13.3. The van der Waals surface area contributed by atoms with Crippen molar-refractivity contribution in [1.29, 1.82) is 0 Å². The van der Waals surface area contributed by atoms with Crippen LogP contribution >= 0.6 is 39.3 Å². The molecule has 32 heavy (non-hydrogen) atoms. The van der Waals surface area contributed by atoms with Crippen LogP contribution in [0.5, 0.6) is 0 Å². The molecule has 4 rings (SSSR count). The van der Waals surface area contributed by atoms with E-state index in [1.807, 2.05) is 24.3 Å². The molecule has 0 unspecified atom stereocenters. The number of thioether (sulfide) groups is 1. The van der Waals surface area contributed by atoms with E-state index in [0.717, 1.165) is 4.90 Å². The Bertz CT molecular complexity index is 1390. The lowest BCUT2D eigenvalue weighted by Crippen LogP contribution is -2.22. The van der Waals surface area contributed by atoms with Gasteiger partial charge < -0.3 is 5.32 Å². The van der Waals surface area contributed by atoms with Crippen LogP contribution in [0.25, 0.3) is 16.6 Å². The molecule has 5 nitrogen and oxygen atoms in total. The average Bonchev–Trinajstić information content (AvgIpc) is 2.77. The predicted molar refractivity (Wildman–Crippen MR) is 131 cm³/mol. The highest BCUT2D eigenvalue weighted by Crippen LogP contribution is 2.24. The lowest BCUT2D eigenvalue weighted by molar-refractivity contribution is -0.113. The quantitative estimate of drug-likeness (QED) is 0.321. The van der Waals surface area contributed by atoms with E-state index in [0.29, 0.717) is 33.1 Å². The number of nitrogens with zero attached hydrogens (tertiary/aromatic N) is 2. The maximum atomic E-state index is 13.3. The molecule has 3 aromatic carbocycles. The molecule has 9 heteroatoms. The molecule has 0 fully saturated rings. The van der Waals surface area contributed by atoms with Crippen LogP contribution in [0.4, 0.5) is 10.1 Å². The molecule has 0 spiro atoms. The molecule has 0 radical (unpaired) electrons. The summed E-state index contributed by atoms with van der Waals surface area (Å²) in [5.41, 5.74) is 1.48. The Labute approximate surface area is 200 Å². The summed E-state index contributed by atoms with van der Waals surface area (Å²) in [6, 6.07) is 16.7. The molecule has 0 saturated carbocycles. The zero-order valence-electron chi connectivity index (χ0n) is 16.7. The number of rotatable bonds is 5. The van der Waals surface area contributed by atoms with E-state index in [9.17, 15) is 14.0 Å². The van der Waals surface area contributed by atoms with E-state index < -0.39 is 5.82 Å². The molecule has 0 aliphatic carbocycles. The van der Waals surface area contributed by atoms with Gasteiger partial charge in [0, 0.05) is 10.6 Å². The molecule has 0 aliphatic rings. The molecule has 1 aromatic heterocycles. The first kappa shape index (κ1) is 22.5. The Morgan fingerprint density at radius 1 is 1.19 bits per heavy atom. The molecular weight excluding hydrogens is 517 g/mol. The van der Waals surface area contributed by atoms with Gasteiger partial charge in [0.05, 0.1) is 31.8 Å². The van der Waals surface area contributed by atoms with Gasteiger partial charge in [-0.25, -0.2) is 9.37 Å². The van der Waals surface area contributed by atoms with E-state index in [1.165, 1.54) is 34.5 Å². The number of carbonyl (C=O) groups is 1. The van der Waals surface area contributed by atoms with Crippen molar-refractivity contribution >= 4 is 61.8 Å². The number of para-hydroxylation sites is 1. The Balaban J connectivity index is 1.48. The largest absolute Gasteiger partial charge is 0.325 e. The topological polar surface area (TPSA) is 64.0 Å². The smallest absolute Gasteiger partial charge is 0.266 e. The van der Waals surface area contributed by atoms with Gasteiger partial charge in [0.1, 0.15) is 11.6 Å². The highest BCUT2D eigenvalue weighted by Gasteiger charge is 2.12. The first-order valence-corrected chi connectivity index (χ1v) is 11.6. The normalized spacial score (nSPS) is 11.0. The van der Waals surface area contributed by atoms with Crippen LogP contribution in [0.2, 0.25) is 5.02 Å². The number of fused-ring (bicyclic) bond motifs is 1. The van der Waals surface area contributed by atoms with Crippen molar-refractivity contribution in [1.82, 2.24) is 9.55 Å². The highest BCUT2D eigenvalue weighted by molar-refractivity contribution is 9.10. The number of nitrogens with one attached hydrogen (secondary N) is 1. The Morgan fingerprint density at radius 2 is 1.94 bits per heavy atom. The molecule has 162 valence electrons. The number of halogens is 3. The third-order valence-electron chi connectivity index (χ3n) is 4.69. The summed E-state index contributed by atoms with van der Waals surface area (Å²) in [6.07, 6.45) is 0. The number of carbonyl (C=O) groups excluding carboxylic acids is 1. The van der Waals surface area contributed by atoms with Crippen LogP contribution in [0, 0.1) is 12.7 Å². The minimum Gasteiger partial charge on any atom is -0.325 e. The van der Waals surface area contributed by atoms with Crippen LogP contribution in [-0.4, -0.2) is 21.2 Å². The molecule has 0 aliphatic heterocycles. The summed E-state index contributed by atoms with van der Waals surface area (Å²) in [5, 5.41) is 3.62. The van der Waals surface area contributed by atoms with Crippen molar-refractivity contribution in [2.45, 2.75) is 11.8 Å². The zero-order valence-corrected chi connectivity index (χ0v) is 19.9. The summed E-state index contributed by atoms with van der Waals surface area (Å²) >= 11 is 10.6. The van der Waals surface area contributed by atoms with Crippen LogP contribution in [0.3, 0.4) is 0 Å². The van der Waals surface area contributed by atoms with Gasteiger partial charge in [-0.15, -0.1) is 11.8 Å². The average molecular weight is 533 g/mol. The van der Waals surface area contributed by atoms with E-state index in [-0.39, 0.29) is 21.7 Å². The third-order valence-corrected chi connectivity index (χ3v) is 6.61. The Hall–Kier alpha value is -2.68. The Morgan fingerprint density at radius 3 is 2.66 bits per heavy atom. The number of anilines is 1. The van der Waals surface area contributed by atoms with Gasteiger partial charge in [0.25, 0.3) is 5.56 Å². The lowest BCUT2D eigenvalue weighted by atomic mass is 10.2. The van der Waals surface area contributed by atoms with Crippen molar-refractivity contribution in [3.63, 3.8) is 0 Å². The number of amides is 1. The van der Waals surface area contributed by atoms with Crippen LogP contribution < -0.4 is 10.9 Å². The summed E-state index contributed by atoms with van der Waals surface area (Å²) in [6.45, 7) is 1.75. The molecule has 0 bridgehead atoms. The molecule has 0 atom stereocenters. The summed E-state index contributed by atoms with van der Waals surface area (Å²) < 4.78 is 15.1. The van der Waals surface area contributed by atoms with E-state index in [1.54, 1.807) is 25.1 Å². The predicted octanol–water partition coefficient (Wildman–Crippen LogP) is 5.98. The second kappa shape index (κ2) is 9.44. The fourth-order valence-corrected chi connectivity index (χ4v) is 4.49. The number of benzene rings is 3. The third kappa shape index (κ3) is 4.72.